The minimum Gasteiger partial charge on any atom is -0.393 e. The molecule has 5 N–H and O–H groups in total. The summed E-state index contributed by atoms with van der Waals surface area (Å²) in [6.07, 6.45) is 5.51. The third-order valence-electron chi connectivity index (χ3n) is 12.5. The summed E-state index contributed by atoms with van der Waals surface area (Å²) >= 11 is 0. The fraction of sp³-hybridized carbons (Fsp3) is 1.00. The minimum atomic E-state index is -0.894. The van der Waals surface area contributed by atoms with Crippen molar-refractivity contribution in [2.75, 3.05) is 0 Å². The van der Waals surface area contributed by atoms with Gasteiger partial charge in [0.1, 0.15) is 0 Å². The summed E-state index contributed by atoms with van der Waals surface area (Å²) in [6, 6.07) is 0. The van der Waals surface area contributed by atoms with Gasteiger partial charge >= 0.3 is 0 Å². The summed E-state index contributed by atoms with van der Waals surface area (Å²) in [7, 11) is 0. The van der Waals surface area contributed by atoms with E-state index in [1.165, 1.54) is 0 Å². The molecule has 0 radical (unpaired) electrons. The summed E-state index contributed by atoms with van der Waals surface area (Å²) in [6.45, 7) is 16.8. The highest BCUT2D eigenvalue weighted by Gasteiger charge is 2.72. The zero-order valence-electron chi connectivity index (χ0n) is 23.6. The molecule has 11 atom stereocenters. The van der Waals surface area contributed by atoms with E-state index in [9.17, 15) is 25.5 Å². The van der Waals surface area contributed by atoms with Gasteiger partial charge in [-0.05, 0) is 124 Å². The second-order valence-corrected chi connectivity index (χ2v) is 15.5. The maximum Gasteiger partial charge on any atom is 0.0651 e. The van der Waals surface area contributed by atoms with Crippen molar-refractivity contribution < 1.29 is 25.5 Å². The Labute approximate surface area is 213 Å². The maximum atomic E-state index is 11.8. The van der Waals surface area contributed by atoms with Crippen LogP contribution in [0.25, 0.3) is 0 Å². The normalized spacial score (nSPS) is 51.2. The van der Waals surface area contributed by atoms with Crippen LogP contribution in [0, 0.1) is 45.3 Å². The molecule has 0 aromatic carbocycles. The molecule has 0 unspecified atom stereocenters. The fourth-order valence-corrected chi connectivity index (χ4v) is 10.7. The standard InChI is InChI=1S/C30H54O5/c1-25(2,34)12-9-13-30(8,35)18-10-15-28(6)23(18)19(31)16-21-27(5)14-11-22(33)26(3,4)24(27)20(32)17-29(21,28)7/h18-24,31-35H,9-17H2,1-8H3/t18-,19+,20-,21+,22+,23+,24+,27-,28+,29+,30+/m0/s1. The topological polar surface area (TPSA) is 101 Å². The lowest BCUT2D eigenvalue weighted by molar-refractivity contribution is -0.274. The maximum absolute atomic E-state index is 11.8. The van der Waals surface area contributed by atoms with E-state index in [2.05, 4.69) is 34.6 Å². The second-order valence-electron chi connectivity index (χ2n) is 15.5. The van der Waals surface area contributed by atoms with Gasteiger partial charge in [0.2, 0.25) is 0 Å². The first-order chi connectivity index (χ1) is 15.8. The summed E-state index contributed by atoms with van der Waals surface area (Å²) in [5.74, 6) is 0.279. The van der Waals surface area contributed by atoms with E-state index in [0.717, 1.165) is 32.1 Å². The Bertz CT molecular complexity index is 801. The average Bonchev–Trinajstić information content (AvgIpc) is 3.07. The molecule has 5 nitrogen and oxygen atoms in total. The first-order valence-corrected chi connectivity index (χ1v) is 14.3. The molecular weight excluding hydrogens is 440 g/mol. The van der Waals surface area contributed by atoms with Crippen molar-refractivity contribution in [1.82, 2.24) is 0 Å². The summed E-state index contributed by atoms with van der Waals surface area (Å²) in [4.78, 5) is 0. The van der Waals surface area contributed by atoms with Crippen LogP contribution in [0.4, 0.5) is 0 Å². The molecule has 204 valence electrons. The van der Waals surface area contributed by atoms with Gasteiger partial charge in [-0.15, -0.1) is 0 Å². The van der Waals surface area contributed by atoms with Gasteiger partial charge in [0.15, 0.2) is 0 Å². The lowest BCUT2D eigenvalue weighted by Gasteiger charge is -2.71. The zero-order chi connectivity index (χ0) is 26.4. The Morgan fingerprint density at radius 3 is 2.03 bits per heavy atom. The van der Waals surface area contributed by atoms with Crippen LogP contribution in [0.15, 0.2) is 0 Å². The molecule has 4 saturated carbocycles. The molecule has 4 aliphatic carbocycles. The minimum absolute atomic E-state index is 0.00423. The number of fused-ring (bicyclic) bond motifs is 5. The summed E-state index contributed by atoms with van der Waals surface area (Å²) < 4.78 is 0. The average molecular weight is 495 g/mol. The fourth-order valence-electron chi connectivity index (χ4n) is 10.7. The van der Waals surface area contributed by atoms with Crippen molar-refractivity contribution in [3.63, 3.8) is 0 Å². The van der Waals surface area contributed by atoms with Crippen LogP contribution < -0.4 is 0 Å². The van der Waals surface area contributed by atoms with Gasteiger partial charge in [0.05, 0.1) is 29.5 Å². The lowest BCUT2D eigenvalue weighted by atomic mass is 9.34. The van der Waals surface area contributed by atoms with E-state index >= 15 is 0 Å². The Kier molecular flexibility index (Phi) is 6.68. The molecule has 4 aliphatic rings. The van der Waals surface area contributed by atoms with Gasteiger partial charge in [0, 0.05) is 0 Å². The Hall–Kier alpha value is -0.200. The van der Waals surface area contributed by atoms with Gasteiger partial charge in [-0.25, -0.2) is 0 Å². The van der Waals surface area contributed by atoms with Crippen molar-refractivity contribution in [3.8, 4) is 0 Å². The smallest absolute Gasteiger partial charge is 0.0651 e. The first-order valence-electron chi connectivity index (χ1n) is 14.3. The highest BCUT2D eigenvalue weighted by atomic mass is 16.3. The number of aliphatic hydroxyl groups excluding tert-OH is 3. The molecule has 0 aromatic heterocycles. The molecule has 5 heteroatoms. The van der Waals surface area contributed by atoms with Crippen LogP contribution in [0.5, 0.6) is 0 Å². The second kappa shape index (κ2) is 8.40. The molecule has 0 saturated heterocycles. The number of hydrogen-bond donors (Lipinski definition) is 5. The van der Waals surface area contributed by atoms with Crippen molar-refractivity contribution in [2.45, 2.75) is 143 Å². The quantitative estimate of drug-likeness (QED) is 0.382. The van der Waals surface area contributed by atoms with Gasteiger partial charge in [-0.1, -0.05) is 34.6 Å². The van der Waals surface area contributed by atoms with Gasteiger partial charge in [0.25, 0.3) is 0 Å². The predicted molar refractivity (Wildman–Crippen MR) is 139 cm³/mol. The van der Waals surface area contributed by atoms with Crippen LogP contribution in [-0.4, -0.2) is 55.0 Å². The summed E-state index contributed by atoms with van der Waals surface area (Å²) in [5, 5.41) is 56.2. The molecule has 0 aliphatic heterocycles. The van der Waals surface area contributed by atoms with E-state index in [1.54, 1.807) is 0 Å². The molecule has 0 spiro atoms. The van der Waals surface area contributed by atoms with Gasteiger partial charge in [-0.2, -0.15) is 0 Å². The third kappa shape index (κ3) is 4.06. The summed E-state index contributed by atoms with van der Waals surface area (Å²) in [5.41, 5.74) is -2.45. The van der Waals surface area contributed by atoms with Crippen LogP contribution in [-0.2, 0) is 0 Å². The number of hydrogen-bond acceptors (Lipinski definition) is 5. The Morgan fingerprint density at radius 2 is 1.43 bits per heavy atom. The number of rotatable bonds is 5. The Morgan fingerprint density at radius 1 is 0.800 bits per heavy atom. The highest BCUT2D eigenvalue weighted by molar-refractivity contribution is 5.21. The Balaban J connectivity index is 1.66. The molecule has 0 bridgehead atoms. The van der Waals surface area contributed by atoms with E-state index in [-0.39, 0.29) is 45.3 Å². The molecule has 35 heavy (non-hydrogen) atoms. The van der Waals surface area contributed by atoms with Crippen molar-refractivity contribution in [2.24, 2.45) is 45.3 Å². The predicted octanol–water partition coefficient (Wildman–Crippen LogP) is 4.67. The van der Waals surface area contributed by atoms with E-state index in [1.807, 2.05) is 20.8 Å². The molecular formula is C30H54O5. The van der Waals surface area contributed by atoms with Crippen molar-refractivity contribution in [3.05, 3.63) is 0 Å². The van der Waals surface area contributed by atoms with Crippen LogP contribution in [0.2, 0.25) is 0 Å². The monoisotopic (exact) mass is 494 g/mol. The molecule has 0 aromatic rings. The lowest BCUT2D eigenvalue weighted by Crippen LogP contribution is -2.69. The van der Waals surface area contributed by atoms with E-state index < -0.39 is 29.5 Å². The van der Waals surface area contributed by atoms with E-state index in [0.29, 0.717) is 25.7 Å². The van der Waals surface area contributed by atoms with Gasteiger partial charge in [-0.3, -0.25) is 0 Å². The van der Waals surface area contributed by atoms with Crippen LogP contribution in [0.1, 0.15) is 113 Å². The molecule has 4 rings (SSSR count). The van der Waals surface area contributed by atoms with Gasteiger partial charge < -0.3 is 25.5 Å². The van der Waals surface area contributed by atoms with Crippen LogP contribution >= 0.6 is 0 Å². The van der Waals surface area contributed by atoms with E-state index in [4.69, 9.17) is 0 Å². The van der Waals surface area contributed by atoms with Crippen molar-refractivity contribution in [1.29, 1.82) is 0 Å². The molecule has 4 fully saturated rings. The largest absolute Gasteiger partial charge is 0.393 e. The zero-order valence-corrected chi connectivity index (χ0v) is 23.6. The SMILES string of the molecule is CC(C)(O)CCC[C@@](C)(O)[C@H]1CC[C@]2(C)[C@H]1[C@H](O)C[C@@H]1[C@]3(C)CC[C@@H](O)C(C)(C)[C@H]3[C@@H](O)C[C@]12C. The number of aliphatic hydroxyl groups is 5. The van der Waals surface area contributed by atoms with Crippen molar-refractivity contribution >= 4 is 0 Å². The molecule has 0 heterocycles. The highest BCUT2D eigenvalue weighted by Crippen LogP contribution is 2.75. The van der Waals surface area contributed by atoms with Crippen LogP contribution in [0.3, 0.4) is 0 Å². The molecule has 0 amide bonds. The third-order valence-corrected chi connectivity index (χ3v) is 12.5. The first kappa shape index (κ1) is 27.8.